The van der Waals surface area contributed by atoms with E-state index in [1.54, 1.807) is 0 Å². The van der Waals surface area contributed by atoms with Gasteiger partial charge in [0.2, 0.25) is 0 Å². The average molecular weight is 1050 g/mol. The van der Waals surface area contributed by atoms with Crippen molar-refractivity contribution in [1.29, 1.82) is 0 Å². The summed E-state index contributed by atoms with van der Waals surface area (Å²) < 4.78 is 28.3. The molecule has 422 valence electrons. The number of hydrogen-bond donors (Lipinski definition) is 3. The molecule has 0 radical (unpaired) electrons. The Bertz CT molecular complexity index is 1770. The Morgan fingerprint density at radius 3 is 1.33 bits per heavy atom. The van der Waals surface area contributed by atoms with E-state index in [9.17, 15) is 34.5 Å². The lowest BCUT2D eigenvalue weighted by molar-refractivity contribution is -0.301. The molecular weight excluding hydrogens is 949 g/mol. The van der Waals surface area contributed by atoms with Crippen molar-refractivity contribution in [3.05, 3.63) is 122 Å². The molecule has 1 rings (SSSR count). The van der Waals surface area contributed by atoms with E-state index < -0.39 is 67.3 Å². The van der Waals surface area contributed by atoms with Gasteiger partial charge in [-0.3, -0.25) is 14.4 Å². The molecule has 1 aliphatic heterocycles. The molecule has 0 aromatic carbocycles. The summed E-state index contributed by atoms with van der Waals surface area (Å²) in [6.45, 7) is 5.64. The number of hydrogen-bond acceptors (Lipinski definition) is 11. The molecule has 12 heteroatoms. The van der Waals surface area contributed by atoms with Gasteiger partial charge in [0.05, 0.1) is 6.61 Å². The van der Waals surface area contributed by atoms with E-state index >= 15 is 0 Å². The second-order valence-corrected chi connectivity index (χ2v) is 18.8. The topological polar surface area (TPSA) is 175 Å². The lowest BCUT2D eigenvalue weighted by Gasteiger charge is -2.40. The van der Waals surface area contributed by atoms with Crippen molar-refractivity contribution in [2.24, 2.45) is 0 Å². The minimum atomic E-state index is -1.93. The summed E-state index contributed by atoms with van der Waals surface area (Å²) in [6.07, 6.45) is 56.1. The van der Waals surface area contributed by atoms with Gasteiger partial charge in [0, 0.05) is 19.3 Å². The molecule has 1 fully saturated rings. The summed E-state index contributed by atoms with van der Waals surface area (Å²) in [5.41, 5.74) is 0. The van der Waals surface area contributed by atoms with Crippen molar-refractivity contribution < 1.29 is 58.2 Å². The van der Waals surface area contributed by atoms with Crippen LogP contribution in [0, 0.1) is 0 Å². The number of unbranched alkanes of at least 4 members (excludes halogenated alkanes) is 12. The van der Waals surface area contributed by atoms with Crippen molar-refractivity contribution in [3.8, 4) is 0 Å². The van der Waals surface area contributed by atoms with Crippen molar-refractivity contribution in [3.63, 3.8) is 0 Å². The number of rotatable bonds is 46. The summed E-state index contributed by atoms with van der Waals surface area (Å²) in [5, 5.41) is 31.4. The summed E-state index contributed by atoms with van der Waals surface area (Å²) in [4.78, 5) is 51.0. The number of carboxylic acids is 1. The number of esters is 3. The number of carbonyl (C=O) groups excluding carboxylic acids is 3. The molecule has 1 aliphatic rings. The fraction of sp³-hybridized carbons (Fsp3) is 0.619. The molecule has 3 N–H and O–H groups in total. The predicted octanol–water partition coefficient (Wildman–Crippen LogP) is 14.4. The molecule has 1 saturated heterocycles. The van der Waals surface area contributed by atoms with Gasteiger partial charge in [0.1, 0.15) is 18.8 Å². The van der Waals surface area contributed by atoms with Crippen LogP contribution < -0.4 is 0 Å². The van der Waals surface area contributed by atoms with Crippen LogP contribution in [-0.4, -0.2) is 89.2 Å². The summed E-state index contributed by atoms with van der Waals surface area (Å²) in [5.74, 6) is -3.28. The van der Waals surface area contributed by atoms with Crippen molar-refractivity contribution in [2.45, 2.75) is 237 Å². The Balaban J connectivity index is 2.78. The Morgan fingerprint density at radius 2 is 0.853 bits per heavy atom. The quantitative estimate of drug-likeness (QED) is 0.0228. The molecule has 0 saturated carbocycles. The molecule has 0 spiro atoms. The molecule has 12 nitrogen and oxygen atoms in total. The molecule has 0 bridgehead atoms. The van der Waals surface area contributed by atoms with E-state index in [1.165, 1.54) is 19.3 Å². The second kappa shape index (κ2) is 50.0. The third-order valence-electron chi connectivity index (χ3n) is 12.0. The molecule has 1 heterocycles. The number of aliphatic hydroxyl groups is 2. The number of carbonyl (C=O) groups is 4. The lowest BCUT2D eigenvalue weighted by atomic mass is 9.98. The molecule has 0 aromatic rings. The highest BCUT2D eigenvalue weighted by molar-refractivity contribution is 5.74. The van der Waals surface area contributed by atoms with Gasteiger partial charge in [0.15, 0.2) is 24.6 Å². The van der Waals surface area contributed by atoms with E-state index in [1.807, 2.05) is 6.08 Å². The van der Waals surface area contributed by atoms with Gasteiger partial charge in [-0.2, -0.15) is 0 Å². The maximum atomic E-state index is 13.1. The summed E-state index contributed by atoms with van der Waals surface area (Å²) in [6, 6.07) is 0. The number of aliphatic hydroxyl groups excluding tert-OH is 2. The SMILES string of the molecule is CC/C=C\C/C=C\C/C=C\C/C=C\C/C=C\CCCC(=O)OCC(COC1OC(C(=O)O)C(O)C(O)C1OC(=O)CCCCC/C=C\C/C=C\C/C=C\CC)OC(=O)CCCCCCC/C=C\C/C=C\CCCCC. The van der Waals surface area contributed by atoms with E-state index in [0.717, 1.165) is 116 Å². The average Bonchev–Trinajstić information content (AvgIpc) is 3.39. The van der Waals surface area contributed by atoms with Crippen LogP contribution in [0.4, 0.5) is 0 Å². The van der Waals surface area contributed by atoms with Gasteiger partial charge in [-0.15, -0.1) is 0 Å². The van der Waals surface area contributed by atoms with Crippen LogP contribution in [0.1, 0.15) is 201 Å². The minimum absolute atomic E-state index is 0.0115. The van der Waals surface area contributed by atoms with Crippen LogP contribution >= 0.6 is 0 Å². The maximum absolute atomic E-state index is 13.1. The normalized spacial score (nSPS) is 19.1. The standard InChI is InChI=1S/C63H98O12/c1-4-7-10-13-16-19-22-25-27-28-30-32-34-37-40-43-46-49-55(64)71-52-54(73-56(65)50-47-44-41-38-36-33-29-26-23-20-17-14-11-8-5-2)53-72-63-61(59(68)58(67)60(75-63)62(69)70)74-57(66)51-48-45-42-39-35-31-24-21-18-15-12-9-6-3/h7,9-10,12,16-21,25-27,29-32,35,37,40,54,58-61,63,67-68H,4-6,8,11,13-15,22-24,28,33-34,36,38-39,41-53H2,1-3H3,(H,69,70)/b10-7-,12-9-,19-16-,20-17-,21-18-,27-25-,29-26-,32-30-,35-31-,40-37-. The number of carboxylic acid groups (broad SMARTS) is 1. The van der Waals surface area contributed by atoms with E-state index in [2.05, 4.69) is 136 Å². The first-order valence-electron chi connectivity index (χ1n) is 28.5. The summed E-state index contributed by atoms with van der Waals surface area (Å²) in [7, 11) is 0. The monoisotopic (exact) mass is 1050 g/mol. The number of ether oxygens (including phenoxy) is 5. The molecule has 0 aliphatic carbocycles. The molecule has 6 unspecified atom stereocenters. The van der Waals surface area contributed by atoms with E-state index in [-0.39, 0.29) is 25.9 Å². The smallest absolute Gasteiger partial charge is 0.335 e. The van der Waals surface area contributed by atoms with Crippen LogP contribution in [0.15, 0.2) is 122 Å². The van der Waals surface area contributed by atoms with Gasteiger partial charge in [-0.25, -0.2) is 4.79 Å². The largest absolute Gasteiger partial charge is 0.479 e. The zero-order valence-corrected chi connectivity index (χ0v) is 46.2. The Kier molecular flexibility index (Phi) is 45.4. The van der Waals surface area contributed by atoms with Crippen LogP contribution in [0.3, 0.4) is 0 Å². The van der Waals surface area contributed by atoms with E-state index in [0.29, 0.717) is 25.7 Å². The fourth-order valence-corrected chi connectivity index (χ4v) is 7.68. The third kappa shape index (κ3) is 40.1. The Hall–Kier alpha value is -4.88. The van der Waals surface area contributed by atoms with Crippen LogP contribution in [0.25, 0.3) is 0 Å². The molecular formula is C63H98O12. The predicted molar refractivity (Wildman–Crippen MR) is 303 cm³/mol. The van der Waals surface area contributed by atoms with Gasteiger partial charge in [-0.05, 0) is 122 Å². The highest BCUT2D eigenvalue weighted by Crippen LogP contribution is 2.26. The molecule has 0 amide bonds. The zero-order chi connectivity index (χ0) is 54.7. The van der Waals surface area contributed by atoms with Crippen molar-refractivity contribution in [1.82, 2.24) is 0 Å². The lowest BCUT2D eigenvalue weighted by Crippen LogP contribution is -2.61. The maximum Gasteiger partial charge on any atom is 0.335 e. The second-order valence-electron chi connectivity index (χ2n) is 18.8. The highest BCUT2D eigenvalue weighted by atomic mass is 16.7. The van der Waals surface area contributed by atoms with Crippen LogP contribution in [0.5, 0.6) is 0 Å². The van der Waals surface area contributed by atoms with Crippen molar-refractivity contribution in [2.75, 3.05) is 13.2 Å². The van der Waals surface area contributed by atoms with Gasteiger partial charge < -0.3 is 39.0 Å². The number of aliphatic carboxylic acids is 1. The van der Waals surface area contributed by atoms with Crippen molar-refractivity contribution >= 4 is 23.9 Å². The first kappa shape index (κ1) is 68.1. The van der Waals surface area contributed by atoms with Crippen LogP contribution in [0.2, 0.25) is 0 Å². The van der Waals surface area contributed by atoms with Gasteiger partial charge in [0.25, 0.3) is 0 Å². The fourth-order valence-electron chi connectivity index (χ4n) is 7.68. The highest BCUT2D eigenvalue weighted by Gasteiger charge is 2.50. The van der Waals surface area contributed by atoms with Gasteiger partial charge in [-0.1, -0.05) is 181 Å². The Morgan fingerprint density at radius 1 is 0.453 bits per heavy atom. The summed E-state index contributed by atoms with van der Waals surface area (Å²) >= 11 is 0. The number of allylic oxidation sites excluding steroid dienone is 20. The first-order valence-corrected chi connectivity index (χ1v) is 28.5. The molecule has 0 aromatic heterocycles. The first-order chi connectivity index (χ1) is 36.6. The van der Waals surface area contributed by atoms with Crippen LogP contribution in [-0.2, 0) is 42.9 Å². The Labute approximate surface area is 452 Å². The third-order valence-corrected chi connectivity index (χ3v) is 12.0. The minimum Gasteiger partial charge on any atom is -0.479 e. The van der Waals surface area contributed by atoms with E-state index in [4.69, 9.17) is 23.7 Å². The van der Waals surface area contributed by atoms with Gasteiger partial charge >= 0.3 is 23.9 Å². The molecule has 6 atom stereocenters. The zero-order valence-electron chi connectivity index (χ0n) is 46.2. The molecule has 75 heavy (non-hydrogen) atoms.